The number of Topliss-reactive ketones (excluding diaryl/α,β-unsaturated/α-hetero) is 2. The lowest BCUT2D eigenvalue weighted by atomic mass is 9.62. The molecule has 0 aromatic heterocycles. The van der Waals surface area contributed by atoms with Crippen molar-refractivity contribution < 1.29 is 24.5 Å². The highest BCUT2D eigenvalue weighted by atomic mass is 16.5. The molecule has 0 heterocycles. The summed E-state index contributed by atoms with van der Waals surface area (Å²) in [5.41, 5.74) is 1.30. The summed E-state index contributed by atoms with van der Waals surface area (Å²) in [5.74, 6) is 8.61. The molecule has 3 fully saturated rings. The predicted molar refractivity (Wildman–Crippen MR) is 147 cm³/mol. The molecule has 3 atom stereocenters. The zero-order valence-electron chi connectivity index (χ0n) is 23.0. The fourth-order valence-electron chi connectivity index (χ4n) is 8.03. The van der Waals surface area contributed by atoms with Gasteiger partial charge in [0.05, 0.1) is 13.2 Å². The fourth-order valence-corrected chi connectivity index (χ4v) is 8.03. The van der Waals surface area contributed by atoms with E-state index in [0.717, 1.165) is 49.7 Å². The van der Waals surface area contributed by atoms with Gasteiger partial charge in [0.15, 0.2) is 17.3 Å². The van der Waals surface area contributed by atoms with Crippen molar-refractivity contribution in [2.45, 2.75) is 115 Å². The first-order valence-electron chi connectivity index (χ1n) is 14.9. The highest BCUT2D eigenvalue weighted by molar-refractivity contribution is 5.89. The van der Waals surface area contributed by atoms with E-state index in [1.165, 1.54) is 45.6 Å². The Morgan fingerprint density at radius 2 is 1.74 bits per heavy atom. The molecule has 0 aliphatic heterocycles. The molecule has 4 aliphatic rings. The van der Waals surface area contributed by atoms with E-state index in [-0.39, 0.29) is 11.5 Å². The van der Waals surface area contributed by atoms with Crippen LogP contribution >= 0.6 is 0 Å². The van der Waals surface area contributed by atoms with E-state index in [2.05, 4.69) is 11.8 Å². The number of methoxy groups -OCH3 is 1. The van der Waals surface area contributed by atoms with Crippen molar-refractivity contribution in [2.24, 2.45) is 22.7 Å². The summed E-state index contributed by atoms with van der Waals surface area (Å²) in [5, 5.41) is 21.7. The van der Waals surface area contributed by atoms with Crippen molar-refractivity contribution in [3.63, 3.8) is 0 Å². The summed E-state index contributed by atoms with van der Waals surface area (Å²) >= 11 is 0. The number of aryl methyl sites for hydroxylation is 1. The van der Waals surface area contributed by atoms with Gasteiger partial charge in [0.1, 0.15) is 11.2 Å². The van der Waals surface area contributed by atoms with Gasteiger partial charge in [-0.15, -0.1) is 0 Å². The van der Waals surface area contributed by atoms with Crippen molar-refractivity contribution in [3.8, 4) is 23.3 Å². The molecule has 0 bridgehead atoms. The normalized spacial score (nSPS) is 29.6. The smallest absolute Gasteiger partial charge is 0.160 e. The Balaban J connectivity index is 1.24. The molecule has 38 heavy (non-hydrogen) atoms. The van der Waals surface area contributed by atoms with Crippen LogP contribution in [0, 0.1) is 34.5 Å². The van der Waals surface area contributed by atoms with E-state index >= 15 is 0 Å². The van der Waals surface area contributed by atoms with E-state index in [1.807, 2.05) is 6.07 Å². The number of hydrogen-bond acceptors (Lipinski definition) is 5. The lowest BCUT2D eigenvalue weighted by Crippen LogP contribution is -2.46. The lowest BCUT2D eigenvalue weighted by Gasteiger charge is -2.43. The maximum atomic E-state index is 13.6. The van der Waals surface area contributed by atoms with Crippen LogP contribution in [0.3, 0.4) is 0 Å². The van der Waals surface area contributed by atoms with E-state index in [4.69, 9.17) is 4.74 Å². The Morgan fingerprint density at radius 3 is 2.45 bits per heavy atom. The van der Waals surface area contributed by atoms with Crippen LogP contribution in [0.4, 0.5) is 0 Å². The van der Waals surface area contributed by atoms with Gasteiger partial charge < -0.3 is 14.9 Å². The Bertz CT molecular complexity index is 1090. The predicted octanol–water partition coefficient (Wildman–Crippen LogP) is 6.10. The van der Waals surface area contributed by atoms with Crippen molar-refractivity contribution in [3.05, 3.63) is 23.3 Å². The molecule has 0 amide bonds. The van der Waals surface area contributed by atoms with Crippen molar-refractivity contribution in [1.82, 2.24) is 0 Å². The minimum absolute atomic E-state index is 0.0540. The number of phenols is 1. The van der Waals surface area contributed by atoms with Crippen LogP contribution in [-0.2, 0) is 22.4 Å². The van der Waals surface area contributed by atoms with Crippen LogP contribution < -0.4 is 4.74 Å². The third-order valence-electron chi connectivity index (χ3n) is 10.4. The summed E-state index contributed by atoms with van der Waals surface area (Å²) in [6, 6.07) is 3.52. The second-order valence-corrected chi connectivity index (χ2v) is 12.8. The summed E-state index contributed by atoms with van der Waals surface area (Å²) in [6.07, 6.45) is 15.3. The molecule has 1 aromatic rings. The van der Waals surface area contributed by atoms with Crippen LogP contribution in [0.5, 0.6) is 11.5 Å². The first-order chi connectivity index (χ1) is 18.3. The molecule has 3 saturated carbocycles. The summed E-state index contributed by atoms with van der Waals surface area (Å²) in [4.78, 5) is 25.2. The lowest BCUT2D eigenvalue weighted by molar-refractivity contribution is -0.135. The van der Waals surface area contributed by atoms with Crippen LogP contribution in [0.1, 0.15) is 107 Å². The molecule has 2 N–H and O–H groups in total. The first-order valence-corrected chi connectivity index (χ1v) is 14.9. The zero-order valence-corrected chi connectivity index (χ0v) is 23.0. The Kier molecular flexibility index (Phi) is 8.19. The van der Waals surface area contributed by atoms with Gasteiger partial charge >= 0.3 is 0 Å². The Morgan fingerprint density at radius 1 is 0.974 bits per heavy atom. The fraction of sp³-hybridized carbons (Fsp3) is 0.697. The molecule has 0 radical (unpaired) electrons. The van der Waals surface area contributed by atoms with Crippen molar-refractivity contribution in [1.29, 1.82) is 0 Å². The first kappa shape index (κ1) is 27.3. The Hall–Kier alpha value is -2.32. The van der Waals surface area contributed by atoms with Gasteiger partial charge in [0, 0.05) is 25.7 Å². The third-order valence-corrected chi connectivity index (χ3v) is 10.4. The quantitative estimate of drug-likeness (QED) is 0.443. The molecule has 5 heteroatoms. The highest BCUT2D eigenvalue weighted by Gasteiger charge is 2.48. The number of benzene rings is 1. The summed E-state index contributed by atoms with van der Waals surface area (Å²) in [6.45, 7) is 0. The molecule has 1 aromatic carbocycles. The van der Waals surface area contributed by atoms with Crippen molar-refractivity contribution in [2.75, 3.05) is 7.11 Å². The molecule has 206 valence electrons. The molecule has 5 rings (SSSR count). The highest BCUT2D eigenvalue weighted by Crippen LogP contribution is 2.52. The van der Waals surface area contributed by atoms with Crippen LogP contribution in [-0.4, -0.2) is 35.0 Å². The standard InChI is InChI=1S/C33H44O5/c1-38-29-21-26-8-11-30(36)33(16-4-5-25(26)20-28(29)35)18-13-24(19-31(33)37)22-32(14-2-3-15-32)17-12-23-6-9-27(34)10-7-23/h20-21,23-24,31,35,37H,2-3,5-15,17-19,22H2,1H3/t24-,31-,33+/m1/s1. The monoisotopic (exact) mass is 520 g/mol. The van der Waals surface area contributed by atoms with Gasteiger partial charge in [-0.1, -0.05) is 24.7 Å². The van der Waals surface area contributed by atoms with Gasteiger partial charge in [-0.2, -0.15) is 0 Å². The molecule has 1 spiro atoms. The number of carbonyl (C=O) groups excluding carboxylic acids is 2. The molecular formula is C33H44O5. The van der Waals surface area contributed by atoms with E-state index in [0.29, 0.717) is 60.9 Å². The molecule has 5 nitrogen and oxygen atoms in total. The number of fused-ring (bicyclic) bond motifs is 1. The number of aliphatic hydroxyl groups is 1. The minimum Gasteiger partial charge on any atom is -0.504 e. The third kappa shape index (κ3) is 5.67. The second-order valence-electron chi connectivity index (χ2n) is 12.8. The molecule has 4 aliphatic carbocycles. The number of phenolic OH excluding ortho intramolecular Hbond substituents is 1. The number of carbonyl (C=O) groups is 2. The van der Waals surface area contributed by atoms with Gasteiger partial charge in [-0.3, -0.25) is 9.59 Å². The van der Waals surface area contributed by atoms with E-state index in [1.54, 1.807) is 6.07 Å². The number of aromatic hydroxyl groups is 1. The topological polar surface area (TPSA) is 83.8 Å². The van der Waals surface area contributed by atoms with Gasteiger partial charge in [0.2, 0.25) is 0 Å². The number of hydrogen-bond donors (Lipinski definition) is 2. The minimum atomic E-state index is -0.970. The maximum Gasteiger partial charge on any atom is 0.160 e. The molecule has 0 unspecified atom stereocenters. The van der Waals surface area contributed by atoms with Crippen LogP contribution in [0.15, 0.2) is 12.1 Å². The zero-order chi connectivity index (χ0) is 26.8. The number of aliphatic hydroxyl groups excluding tert-OH is 1. The maximum absolute atomic E-state index is 13.6. The summed E-state index contributed by atoms with van der Waals surface area (Å²) in [7, 11) is 1.53. The van der Waals surface area contributed by atoms with Gasteiger partial charge in [0.25, 0.3) is 0 Å². The number of ketones is 2. The average Bonchev–Trinajstić information content (AvgIpc) is 3.38. The molecule has 0 saturated heterocycles. The van der Waals surface area contributed by atoms with E-state index in [9.17, 15) is 19.8 Å². The van der Waals surface area contributed by atoms with E-state index < -0.39 is 11.5 Å². The SMILES string of the molecule is COc1cc2c(cc1O)CC#C[C@]1(CC[C@@H](CC3(CCC4CCC(=O)CC4)CCCC3)C[C@H]1O)C(=O)CC2. The largest absolute Gasteiger partial charge is 0.504 e. The van der Waals surface area contributed by atoms with Crippen LogP contribution in [0.2, 0.25) is 0 Å². The van der Waals surface area contributed by atoms with Crippen LogP contribution in [0.25, 0.3) is 0 Å². The van der Waals surface area contributed by atoms with Gasteiger partial charge in [-0.25, -0.2) is 0 Å². The summed E-state index contributed by atoms with van der Waals surface area (Å²) < 4.78 is 5.27. The number of rotatable bonds is 6. The molecular weight excluding hydrogens is 476 g/mol. The average molecular weight is 521 g/mol. The van der Waals surface area contributed by atoms with Gasteiger partial charge in [-0.05, 0) is 111 Å². The van der Waals surface area contributed by atoms with Crippen molar-refractivity contribution >= 4 is 11.6 Å². The Labute approximate surface area is 227 Å². The number of ether oxygens (including phenoxy) is 1. The second kappa shape index (κ2) is 11.4.